The van der Waals surface area contributed by atoms with Crippen LogP contribution >= 0.6 is 0 Å². The average molecular weight is 192 g/mol. The van der Waals surface area contributed by atoms with Gasteiger partial charge in [0.2, 0.25) is 0 Å². The molecule has 0 aromatic heterocycles. The summed E-state index contributed by atoms with van der Waals surface area (Å²) >= 11 is 0. The van der Waals surface area contributed by atoms with Crippen LogP contribution in [0.1, 0.15) is 6.42 Å². The maximum atomic E-state index is 2.38. The van der Waals surface area contributed by atoms with E-state index in [-0.39, 0.29) is 0 Å². The van der Waals surface area contributed by atoms with Gasteiger partial charge in [-0.25, -0.2) is 0 Å². The lowest BCUT2D eigenvalue weighted by Gasteiger charge is -2.29. The second kappa shape index (κ2) is 2.16. The molecule has 0 amide bonds. The molecule has 72 valence electrons. The van der Waals surface area contributed by atoms with E-state index in [1.54, 1.807) is 0 Å². The largest absolute Gasteiger partial charge is 0.0727 e. The van der Waals surface area contributed by atoms with E-state index in [9.17, 15) is 0 Å². The van der Waals surface area contributed by atoms with Gasteiger partial charge >= 0.3 is 0 Å². The zero-order valence-electron chi connectivity index (χ0n) is 8.48. The minimum absolute atomic E-state index is 0.299. The van der Waals surface area contributed by atoms with Crippen molar-refractivity contribution in [3.63, 3.8) is 0 Å². The highest BCUT2D eigenvalue weighted by Gasteiger charge is 2.68. The second-order valence-electron chi connectivity index (χ2n) is 4.80. The van der Waals surface area contributed by atoms with Crippen molar-refractivity contribution in [3.8, 4) is 0 Å². The summed E-state index contributed by atoms with van der Waals surface area (Å²) in [5.41, 5.74) is 3.56. The first kappa shape index (κ1) is 7.70. The molecule has 0 radical (unpaired) electrons. The Kier molecular flexibility index (Phi) is 1.11. The average Bonchev–Trinajstić information content (AvgIpc) is 2.93. The van der Waals surface area contributed by atoms with Gasteiger partial charge in [-0.05, 0) is 17.6 Å². The van der Waals surface area contributed by atoms with Gasteiger partial charge in [0.05, 0.1) is 0 Å². The lowest BCUT2D eigenvalue weighted by atomic mass is 9.74. The van der Waals surface area contributed by atoms with Gasteiger partial charge < -0.3 is 0 Å². The molecule has 15 heavy (non-hydrogen) atoms. The molecule has 0 aromatic rings. The fourth-order valence-corrected chi connectivity index (χ4v) is 3.37. The van der Waals surface area contributed by atoms with E-state index < -0.39 is 0 Å². The van der Waals surface area contributed by atoms with Gasteiger partial charge in [-0.15, -0.1) is 0 Å². The van der Waals surface area contributed by atoms with Crippen LogP contribution in [0.25, 0.3) is 0 Å². The van der Waals surface area contributed by atoms with Crippen LogP contribution in [0, 0.1) is 10.8 Å². The maximum absolute atomic E-state index is 2.38. The molecule has 0 aliphatic heterocycles. The van der Waals surface area contributed by atoms with Crippen LogP contribution in [0.15, 0.2) is 71.9 Å². The Bertz CT molecular complexity index is 474. The van der Waals surface area contributed by atoms with Crippen molar-refractivity contribution in [2.24, 2.45) is 10.8 Å². The van der Waals surface area contributed by atoms with Crippen LogP contribution in [-0.4, -0.2) is 0 Å². The molecule has 0 heterocycles. The summed E-state index contributed by atoms with van der Waals surface area (Å²) in [7, 11) is 0. The first-order valence-electron chi connectivity index (χ1n) is 5.52. The number of hydrogen-bond donors (Lipinski definition) is 0. The van der Waals surface area contributed by atoms with Crippen LogP contribution in [0.3, 0.4) is 0 Å². The minimum atomic E-state index is 0.299. The van der Waals surface area contributed by atoms with Gasteiger partial charge in [0.15, 0.2) is 0 Å². The quantitative estimate of drug-likeness (QED) is 0.551. The third-order valence-electron chi connectivity index (χ3n) is 4.24. The molecule has 4 aliphatic rings. The number of hydrogen-bond acceptors (Lipinski definition) is 0. The fourth-order valence-electron chi connectivity index (χ4n) is 3.37. The summed E-state index contributed by atoms with van der Waals surface area (Å²) in [6.45, 7) is 0. The molecule has 4 rings (SSSR count). The van der Waals surface area contributed by atoms with Crippen LogP contribution in [0.5, 0.6) is 0 Å². The van der Waals surface area contributed by atoms with E-state index in [1.165, 1.54) is 17.6 Å². The van der Waals surface area contributed by atoms with Gasteiger partial charge in [-0.1, -0.05) is 60.8 Å². The smallest absolute Gasteiger partial charge is 0.0279 e. The van der Waals surface area contributed by atoms with Crippen molar-refractivity contribution >= 4 is 0 Å². The lowest BCUT2D eigenvalue weighted by Crippen LogP contribution is -2.19. The fraction of sp³-hybridized carbons (Fsp3) is 0.200. The van der Waals surface area contributed by atoms with Crippen molar-refractivity contribution in [1.82, 2.24) is 0 Å². The predicted molar refractivity (Wildman–Crippen MR) is 62.2 cm³/mol. The Morgan fingerprint density at radius 3 is 1.80 bits per heavy atom. The number of rotatable bonds is 0. The van der Waals surface area contributed by atoms with Crippen molar-refractivity contribution in [2.45, 2.75) is 6.42 Å². The molecule has 4 aliphatic carbocycles. The molecule has 0 nitrogen and oxygen atoms in total. The van der Waals surface area contributed by atoms with Crippen LogP contribution in [-0.2, 0) is 0 Å². The standard InChI is InChI=1S/C15H12/c1-3-9-14-11-15(14)10-4-2-6-13(15)8-7-12(14)5-1/h1-10H,11H2. The minimum Gasteiger partial charge on any atom is -0.0727 e. The molecule has 2 atom stereocenters. The summed E-state index contributed by atoms with van der Waals surface area (Å²) < 4.78 is 0. The Labute approximate surface area is 89.7 Å². The topological polar surface area (TPSA) is 0 Å². The maximum Gasteiger partial charge on any atom is 0.0279 e. The summed E-state index contributed by atoms with van der Waals surface area (Å²) in [5.74, 6) is 0. The molecule has 0 bridgehead atoms. The van der Waals surface area contributed by atoms with Crippen molar-refractivity contribution in [1.29, 1.82) is 0 Å². The number of allylic oxidation sites excluding steroid dienone is 12. The predicted octanol–water partition coefficient (Wildman–Crippen LogP) is 3.48. The summed E-state index contributed by atoms with van der Waals surface area (Å²) in [5, 5.41) is 0. The van der Waals surface area contributed by atoms with E-state index in [4.69, 9.17) is 0 Å². The monoisotopic (exact) mass is 192 g/mol. The Balaban J connectivity index is 1.99. The second-order valence-corrected chi connectivity index (χ2v) is 4.80. The first-order chi connectivity index (χ1) is 7.37. The molecular formula is C15H12. The highest BCUT2D eigenvalue weighted by Crippen LogP contribution is 2.75. The van der Waals surface area contributed by atoms with Gasteiger partial charge in [-0.2, -0.15) is 0 Å². The zero-order valence-corrected chi connectivity index (χ0v) is 8.48. The summed E-state index contributed by atoms with van der Waals surface area (Å²) in [6.07, 6.45) is 23.8. The van der Waals surface area contributed by atoms with Gasteiger partial charge in [0.1, 0.15) is 0 Å². The van der Waals surface area contributed by atoms with Gasteiger partial charge in [0, 0.05) is 10.8 Å². The molecule has 0 aromatic carbocycles. The summed E-state index contributed by atoms with van der Waals surface area (Å²) in [4.78, 5) is 0. The van der Waals surface area contributed by atoms with Crippen LogP contribution in [0.2, 0.25) is 0 Å². The van der Waals surface area contributed by atoms with E-state index in [1.807, 2.05) is 0 Å². The first-order valence-corrected chi connectivity index (χ1v) is 5.52. The molecule has 0 heteroatoms. The SMILES string of the molecule is C1=CC2=CC=C3C=CC=CC34CC24C=C1. The molecule has 1 saturated carbocycles. The van der Waals surface area contributed by atoms with Crippen molar-refractivity contribution in [2.75, 3.05) is 0 Å². The lowest BCUT2D eigenvalue weighted by molar-refractivity contribution is 0.615. The molecule has 1 fully saturated rings. The van der Waals surface area contributed by atoms with Gasteiger partial charge in [0.25, 0.3) is 0 Å². The van der Waals surface area contributed by atoms with Crippen LogP contribution in [0.4, 0.5) is 0 Å². The van der Waals surface area contributed by atoms with Gasteiger partial charge in [-0.3, -0.25) is 0 Å². The van der Waals surface area contributed by atoms with Crippen molar-refractivity contribution < 1.29 is 0 Å². The molecule has 2 spiro atoms. The van der Waals surface area contributed by atoms with E-state index in [0.717, 1.165) is 0 Å². The van der Waals surface area contributed by atoms with E-state index in [0.29, 0.717) is 10.8 Å². The van der Waals surface area contributed by atoms with E-state index in [2.05, 4.69) is 60.8 Å². The van der Waals surface area contributed by atoms with E-state index >= 15 is 0 Å². The highest BCUT2D eigenvalue weighted by atomic mass is 14.7. The molecule has 0 N–H and O–H groups in total. The Hall–Kier alpha value is -1.56. The Morgan fingerprint density at radius 1 is 0.733 bits per heavy atom. The zero-order chi connectivity index (χ0) is 9.93. The molecule has 0 saturated heterocycles. The molecule has 2 unspecified atom stereocenters. The Morgan fingerprint density at radius 2 is 1.27 bits per heavy atom. The summed E-state index contributed by atoms with van der Waals surface area (Å²) in [6, 6.07) is 0. The third-order valence-corrected chi connectivity index (χ3v) is 4.24. The molecular weight excluding hydrogens is 180 g/mol. The highest BCUT2D eigenvalue weighted by molar-refractivity contribution is 5.63. The normalized spacial score (nSPS) is 42.7. The van der Waals surface area contributed by atoms with Crippen LogP contribution < -0.4 is 0 Å². The third kappa shape index (κ3) is 0.687. The van der Waals surface area contributed by atoms with Crippen molar-refractivity contribution in [3.05, 3.63) is 71.9 Å².